The van der Waals surface area contributed by atoms with Crippen LogP contribution in [-0.2, 0) is 17.6 Å². The molecule has 0 fully saturated rings. The molecule has 172 valence electrons. The third-order valence-corrected chi connectivity index (χ3v) is 7.47. The van der Waals surface area contributed by atoms with E-state index in [-0.39, 0.29) is 22.8 Å². The number of aromatic nitrogens is 2. The van der Waals surface area contributed by atoms with Crippen LogP contribution in [-0.4, -0.2) is 21.4 Å². The van der Waals surface area contributed by atoms with E-state index in [9.17, 15) is 14.4 Å². The summed E-state index contributed by atoms with van der Waals surface area (Å²) >= 11 is 2.61. The Kier molecular flexibility index (Phi) is 7.30. The summed E-state index contributed by atoms with van der Waals surface area (Å²) in [4.78, 5) is 14.0. The summed E-state index contributed by atoms with van der Waals surface area (Å²) in [6, 6.07) is 8.34. The van der Waals surface area contributed by atoms with Gasteiger partial charge in [-0.25, -0.2) is 4.39 Å². The van der Waals surface area contributed by atoms with Crippen molar-refractivity contribution >= 4 is 34.0 Å². The Bertz CT molecular complexity index is 1190. The van der Waals surface area contributed by atoms with Gasteiger partial charge in [0, 0.05) is 4.88 Å². The fourth-order valence-electron chi connectivity index (χ4n) is 3.58. The van der Waals surface area contributed by atoms with Crippen LogP contribution in [0.1, 0.15) is 61.1 Å². The fraction of sp³-hybridized carbons (Fsp3) is 0.391. The fourth-order valence-corrected chi connectivity index (χ4v) is 5.51. The van der Waals surface area contributed by atoms with E-state index in [2.05, 4.69) is 21.6 Å². The van der Waals surface area contributed by atoms with E-state index in [1.165, 1.54) is 28.3 Å². The SMILES string of the molecule is C[C@@H](Sc1nnc([C@@H](C)Oc2ccccc2F)o1)C(=O)Nc1sc2c(c1C#N)CCCCC2. The number of thioether (sulfide) groups is 1. The van der Waals surface area contributed by atoms with Crippen LogP contribution in [0.3, 0.4) is 0 Å². The van der Waals surface area contributed by atoms with E-state index >= 15 is 0 Å². The van der Waals surface area contributed by atoms with Gasteiger partial charge in [0.1, 0.15) is 11.1 Å². The number of nitrogens with zero attached hydrogens (tertiary/aromatic N) is 3. The number of ether oxygens (including phenoxy) is 1. The highest BCUT2D eigenvalue weighted by Crippen LogP contribution is 2.37. The highest BCUT2D eigenvalue weighted by Gasteiger charge is 2.25. The molecule has 0 radical (unpaired) electrons. The molecule has 0 saturated heterocycles. The largest absolute Gasteiger partial charge is 0.478 e. The first kappa shape index (κ1) is 23.3. The molecule has 1 amide bonds. The number of thiophene rings is 1. The van der Waals surface area contributed by atoms with Crippen molar-refractivity contribution in [3.8, 4) is 11.8 Å². The number of aryl methyl sites for hydroxylation is 1. The second kappa shape index (κ2) is 10.4. The van der Waals surface area contributed by atoms with Crippen LogP contribution in [0.5, 0.6) is 5.75 Å². The summed E-state index contributed by atoms with van der Waals surface area (Å²) in [5.41, 5.74) is 1.67. The molecule has 33 heavy (non-hydrogen) atoms. The highest BCUT2D eigenvalue weighted by molar-refractivity contribution is 8.00. The molecule has 1 N–H and O–H groups in total. The van der Waals surface area contributed by atoms with Crippen molar-refractivity contribution < 1.29 is 18.3 Å². The van der Waals surface area contributed by atoms with E-state index in [1.54, 1.807) is 26.0 Å². The lowest BCUT2D eigenvalue weighted by Gasteiger charge is -2.11. The molecule has 7 nitrogen and oxygen atoms in total. The Hall–Kier alpha value is -2.90. The molecule has 1 aromatic carbocycles. The standard InChI is InChI=1S/C23H23FN4O3S2/c1-13(30-18-10-7-6-9-17(18)24)21-27-28-23(31-21)32-14(2)20(29)26-22-16(12-25)15-8-4-3-5-11-19(15)33-22/h6-7,9-10,13-14H,3-5,8,11H2,1-2H3,(H,26,29)/t13-,14-/m1/s1. The highest BCUT2D eigenvalue weighted by atomic mass is 32.2. The summed E-state index contributed by atoms with van der Waals surface area (Å²) in [6.45, 7) is 3.41. The quantitative estimate of drug-likeness (QED) is 0.339. The molecular weight excluding hydrogens is 463 g/mol. The Morgan fingerprint density at radius 1 is 1.27 bits per heavy atom. The van der Waals surface area contributed by atoms with Gasteiger partial charge in [-0.1, -0.05) is 30.3 Å². The van der Waals surface area contributed by atoms with E-state index in [4.69, 9.17) is 9.15 Å². The molecule has 0 aliphatic heterocycles. The maximum Gasteiger partial charge on any atom is 0.277 e. The van der Waals surface area contributed by atoms with E-state index < -0.39 is 17.2 Å². The molecule has 2 heterocycles. The predicted octanol–water partition coefficient (Wildman–Crippen LogP) is 5.67. The minimum absolute atomic E-state index is 0.0905. The zero-order valence-electron chi connectivity index (χ0n) is 18.3. The van der Waals surface area contributed by atoms with E-state index in [0.29, 0.717) is 10.6 Å². The molecular formula is C23H23FN4O3S2. The number of anilines is 1. The summed E-state index contributed by atoms with van der Waals surface area (Å²) in [5.74, 6) is -0.454. The molecule has 2 aromatic heterocycles. The normalized spacial score (nSPS) is 15.1. The zero-order chi connectivity index (χ0) is 23.4. The van der Waals surface area contributed by atoms with Gasteiger partial charge < -0.3 is 14.5 Å². The van der Waals surface area contributed by atoms with Gasteiger partial charge in [0.2, 0.25) is 5.91 Å². The van der Waals surface area contributed by atoms with Crippen LogP contribution in [0, 0.1) is 17.1 Å². The smallest absolute Gasteiger partial charge is 0.277 e. The molecule has 0 bridgehead atoms. The topological polar surface area (TPSA) is 101 Å². The van der Waals surface area contributed by atoms with Crippen molar-refractivity contribution in [2.24, 2.45) is 0 Å². The van der Waals surface area contributed by atoms with Crippen LogP contribution in [0.25, 0.3) is 0 Å². The molecule has 10 heteroatoms. The lowest BCUT2D eigenvalue weighted by molar-refractivity contribution is -0.115. The van der Waals surface area contributed by atoms with E-state index in [0.717, 1.165) is 49.4 Å². The second-order valence-corrected chi connectivity index (χ2v) is 10.1. The number of halogens is 1. The third-order valence-electron chi connectivity index (χ3n) is 5.33. The van der Waals surface area contributed by atoms with Gasteiger partial charge in [0.05, 0.1) is 10.8 Å². The maximum absolute atomic E-state index is 13.8. The summed E-state index contributed by atoms with van der Waals surface area (Å²) in [7, 11) is 0. The number of para-hydroxylation sites is 1. The maximum atomic E-state index is 13.8. The number of rotatable bonds is 7. The Morgan fingerprint density at radius 2 is 2.06 bits per heavy atom. The number of fused-ring (bicyclic) bond motifs is 1. The van der Waals surface area contributed by atoms with Crippen LogP contribution < -0.4 is 10.1 Å². The summed E-state index contributed by atoms with van der Waals surface area (Å²) < 4.78 is 25.0. The number of hydrogen-bond acceptors (Lipinski definition) is 8. The molecule has 0 saturated carbocycles. The molecule has 2 atom stereocenters. The summed E-state index contributed by atoms with van der Waals surface area (Å²) in [6.07, 6.45) is 4.51. The lowest BCUT2D eigenvalue weighted by atomic mass is 10.1. The number of carbonyl (C=O) groups excluding carboxylic acids is 1. The van der Waals surface area contributed by atoms with Gasteiger partial charge in [0.15, 0.2) is 17.7 Å². The van der Waals surface area contributed by atoms with Crippen LogP contribution >= 0.6 is 23.1 Å². The van der Waals surface area contributed by atoms with Gasteiger partial charge >= 0.3 is 0 Å². The minimum atomic E-state index is -0.660. The number of benzene rings is 1. The molecule has 0 spiro atoms. The number of amides is 1. The molecule has 3 aromatic rings. The van der Waals surface area contributed by atoms with Crippen LogP contribution in [0.4, 0.5) is 9.39 Å². The van der Waals surface area contributed by atoms with Crippen LogP contribution in [0.15, 0.2) is 33.9 Å². The monoisotopic (exact) mass is 486 g/mol. The van der Waals surface area contributed by atoms with Gasteiger partial charge in [-0.2, -0.15) is 5.26 Å². The molecule has 4 rings (SSSR count). The van der Waals surface area contributed by atoms with Crippen molar-refractivity contribution in [2.45, 2.75) is 62.5 Å². The Morgan fingerprint density at radius 3 is 2.85 bits per heavy atom. The molecule has 1 aliphatic carbocycles. The average molecular weight is 487 g/mol. The van der Waals surface area contributed by atoms with E-state index in [1.807, 2.05) is 0 Å². The first-order valence-electron chi connectivity index (χ1n) is 10.7. The van der Waals surface area contributed by atoms with Crippen molar-refractivity contribution in [2.75, 3.05) is 5.32 Å². The van der Waals surface area contributed by atoms with Gasteiger partial charge in [-0.15, -0.1) is 21.5 Å². The summed E-state index contributed by atoms with van der Waals surface area (Å²) in [5, 5.41) is 20.8. The first-order chi connectivity index (χ1) is 16.0. The van der Waals surface area contributed by atoms with Crippen molar-refractivity contribution in [1.82, 2.24) is 10.2 Å². The van der Waals surface area contributed by atoms with Gasteiger partial charge in [0.25, 0.3) is 11.1 Å². The number of nitrogens with one attached hydrogen (secondary N) is 1. The average Bonchev–Trinajstić information content (AvgIpc) is 3.32. The van der Waals surface area contributed by atoms with Crippen molar-refractivity contribution in [3.05, 3.63) is 52.0 Å². The number of hydrogen-bond donors (Lipinski definition) is 1. The lowest BCUT2D eigenvalue weighted by Crippen LogP contribution is -2.22. The van der Waals surface area contributed by atoms with Crippen molar-refractivity contribution in [1.29, 1.82) is 5.26 Å². The first-order valence-corrected chi connectivity index (χ1v) is 12.4. The van der Waals surface area contributed by atoms with Gasteiger partial charge in [-0.3, -0.25) is 4.79 Å². The van der Waals surface area contributed by atoms with Crippen molar-refractivity contribution in [3.63, 3.8) is 0 Å². The van der Waals surface area contributed by atoms with Crippen LogP contribution in [0.2, 0.25) is 0 Å². The Balaban J connectivity index is 1.39. The van der Waals surface area contributed by atoms with Gasteiger partial charge in [-0.05, 0) is 57.2 Å². The number of carbonyl (C=O) groups is 1. The zero-order valence-corrected chi connectivity index (χ0v) is 19.9. The second-order valence-electron chi connectivity index (χ2n) is 7.73. The Labute approximate surface area is 199 Å². The minimum Gasteiger partial charge on any atom is -0.478 e. The third kappa shape index (κ3) is 5.37. The molecule has 0 unspecified atom stereocenters. The number of nitriles is 1. The predicted molar refractivity (Wildman–Crippen MR) is 124 cm³/mol. The molecule has 1 aliphatic rings.